The molecule has 0 amide bonds. The van der Waals surface area contributed by atoms with Gasteiger partial charge in [-0.25, -0.2) is 4.98 Å². The predicted octanol–water partition coefficient (Wildman–Crippen LogP) is 18.1. The van der Waals surface area contributed by atoms with Gasteiger partial charge in [0.1, 0.15) is 24.0 Å². The summed E-state index contributed by atoms with van der Waals surface area (Å²) in [6.45, 7) is 18.7. The van der Waals surface area contributed by atoms with Crippen LogP contribution in [-0.4, -0.2) is 16.2 Å². The fourth-order valence-electron chi connectivity index (χ4n) is 9.42. The summed E-state index contributed by atoms with van der Waals surface area (Å²) < 4.78 is 124. The van der Waals surface area contributed by atoms with Gasteiger partial charge in [0, 0.05) is 45.9 Å². The number of ether oxygens (including phenoxy) is 1. The first-order valence-corrected chi connectivity index (χ1v) is 23.9. The molecule has 0 bridgehead atoms. The number of anilines is 4. The topological polar surface area (TPSA) is 33.5 Å². The van der Waals surface area contributed by atoms with Crippen molar-refractivity contribution in [2.75, 3.05) is 16.5 Å². The van der Waals surface area contributed by atoms with E-state index in [9.17, 15) is 4.11 Å². The van der Waals surface area contributed by atoms with Crippen molar-refractivity contribution in [1.29, 1.82) is 0 Å². The van der Waals surface area contributed by atoms with Crippen molar-refractivity contribution in [2.45, 2.75) is 78.6 Å². The third-order valence-electron chi connectivity index (χ3n) is 13.2. The van der Waals surface area contributed by atoms with Gasteiger partial charge in [0.05, 0.1) is 45.9 Å². The van der Waals surface area contributed by atoms with Crippen molar-refractivity contribution in [3.63, 3.8) is 0 Å². The Morgan fingerprint density at radius 3 is 1.83 bits per heavy atom. The van der Waals surface area contributed by atoms with E-state index in [-0.39, 0.29) is 71.5 Å². The highest BCUT2D eigenvalue weighted by atomic mass is 16.5. The number of pyridine rings is 1. The molecule has 0 radical (unpaired) electrons. The lowest BCUT2D eigenvalue weighted by Crippen LogP contribution is -2.25. The zero-order valence-corrected chi connectivity index (χ0v) is 41.5. The molecule has 0 unspecified atom stereocenters. The molecule has 0 N–H and O–H groups in total. The summed E-state index contributed by atoms with van der Waals surface area (Å²) >= 11 is 0. The van der Waals surface area contributed by atoms with Crippen LogP contribution >= 0.6 is 0 Å². The van der Waals surface area contributed by atoms with E-state index in [1.807, 2.05) is 93.6 Å². The van der Waals surface area contributed by atoms with E-state index in [2.05, 4.69) is 80.6 Å². The third kappa shape index (κ3) is 8.65. The fourth-order valence-corrected chi connectivity index (χ4v) is 9.42. The van der Waals surface area contributed by atoms with Crippen molar-refractivity contribution < 1.29 is 22.6 Å². The lowest BCUT2D eigenvalue weighted by Gasteiger charge is -2.30. The largest absolute Gasteiger partial charge is 0.457 e. The summed E-state index contributed by atoms with van der Waals surface area (Å²) in [5.41, 5.74) is 8.03. The Balaban J connectivity index is 1.06. The van der Waals surface area contributed by atoms with Crippen LogP contribution in [0.25, 0.3) is 61.0 Å². The number of para-hydroxylation sites is 2. The molecule has 0 fully saturated rings. The first kappa shape index (κ1) is 32.8. The van der Waals surface area contributed by atoms with E-state index in [1.54, 1.807) is 28.8 Å². The van der Waals surface area contributed by atoms with E-state index >= 15 is 0 Å². The minimum absolute atomic E-state index is 0.0351. The van der Waals surface area contributed by atoms with Crippen molar-refractivity contribution in [1.82, 2.24) is 9.55 Å². The number of benzene rings is 8. The Kier molecular flexibility index (Phi) is 8.09. The minimum Gasteiger partial charge on any atom is -0.457 e. The van der Waals surface area contributed by atoms with Crippen LogP contribution in [0.15, 0.2) is 200 Å². The van der Waals surface area contributed by atoms with Gasteiger partial charge in [-0.15, -0.1) is 0 Å². The zero-order chi connectivity index (χ0) is 60.5. The van der Waals surface area contributed by atoms with Crippen molar-refractivity contribution in [3.05, 3.63) is 217 Å². The highest BCUT2D eigenvalue weighted by Gasteiger charge is 2.33. The molecule has 0 saturated carbocycles. The second kappa shape index (κ2) is 17.5. The van der Waals surface area contributed by atoms with Crippen LogP contribution in [0.1, 0.15) is 96.8 Å². The smallest absolute Gasteiger partial charge is 0.137 e. The summed E-state index contributed by atoms with van der Waals surface area (Å²) in [6.07, 6.45) is -0.305. The average Bonchev–Trinajstić information content (AvgIpc) is 1.51. The number of hydrogen-bond donors (Lipinski definition) is 0. The van der Waals surface area contributed by atoms with Gasteiger partial charge in [0.15, 0.2) is 0 Å². The Hall–Kier alpha value is -7.89. The van der Waals surface area contributed by atoms with Gasteiger partial charge >= 0.3 is 0 Å². The molecule has 0 aliphatic carbocycles. The molecular weight excluding hydrogens is 865 g/mol. The fraction of sp³-hybridized carbons (Fsp3) is 0.197. The molecule has 3 heterocycles. The second-order valence-electron chi connectivity index (χ2n) is 21.3. The molecule has 1 aliphatic rings. The highest BCUT2D eigenvalue weighted by molar-refractivity contribution is 6.11. The Morgan fingerprint density at radius 1 is 0.479 bits per heavy atom. The monoisotopic (exact) mass is 940 g/mol. The SMILES string of the molecule is [2H]c1nc(-n2c3ccc(-c4c([2H])c([2H])c([2H])c([2H])c4[2H])cc3c3ccc(Oc4cccc(N5CN(c6c(-c7cccc(C(C)(C)C)c7)cc(C(C)(C)C)cc6-c6c([2H])c([2H])c([2H])c([2H])c6[2H])c6ccccc65)c4)cc32)c([2H])c(C(C)(C)C)c1[2H]. The second-order valence-corrected chi connectivity index (χ2v) is 21.3. The number of aromatic nitrogens is 2. The minimum atomic E-state index is -0.704. The van der Waals surface area contributed by atoms with Crippen LogP contribution in [0.3, 0.4) is 0 Å². The predicted molar refractivity (Wildman–Crippen MR) is 300 cm³/mol. The van der Waals surface area contributed by atoms with Crippen LogP contribution in [0.2, 0.25) is 0 Å². The van der Waals surface area contributed by atoms with Gasteiger partial charge in [-0.3, -0.25) is 4.57 Å². The lowest BCUT2D eigenvalue weighted by molar-refractivity contribution is 0.483. The number of nitrogens with zero attached hydrogens (tertiary/aromatic N) is 4. The van der Waals surface area contributed by atoms with Gasteiger partial charge in [-0.05, 0) is 128 Å². The molecule has 10 aromatic rings. The molecule has 0 saturated heterocycles. The average molecular weight is 940 g/mol. The maximum Gasteiger partial charge on any atom is 0.137 e. The molecule has 0 spiro atoms. The van der Waals surface area contributed by atoms with Gasteiger partial charge in [0.2, 0.25) is 0 Å². The Bertz CT molecular complexity index is 4340. The molecule has 11 rings (SSSR count). The van der Waals surface area contributed by atoms with Crippen LogP contribution in [-0.2, 0) is 16.2 Å². The molecule has 352 valence electrons. The summed E-state index contributed by atoms with van der Waals surface area (Å²) in [5, 5.41) is 1.28. The van der Waals surface area contributed by atoms with Crippen molar-refractivity contribution in [3.8, 4) is 50.7 Å². The number of fused-ring (bicyclic) bond motifs is 4. The highest BCUT2D eigenvalue weighted by Crippen LogP contribution is 2.52. The number of hydrogen-bond acceptors (Lipinski definition) is 4. The molecule has 8 aromatic carbocycles. The normalized spacial score (nSPS) is 15.6. The molecule has 71 heavy (non-hydrogen) atoms. The first-order chi connectivity index (χ1) is 39.5. The van der Waals surface area contributed by atoms with E-state index in [1.165, 1.54) is 0 Å². The van der Waals surface area contributed by atoms with Gasteiger partial charge in [-0.2, -0.15) is 0 Å². The van der Waals surface area contributed by atoms with Crippen molar-refractivity contribution >= 4 is 44.6 Å². The summed E-state index contributed by atoms with van der Waals surface area (Å²) in [4.78, 5) is 8.88. The lowest BCUT2D eigenvalue weighted by atomic mass is 9.81. The first-order valence-electron chi connectivity index (χ1n) is 30.4. The molecule has 0 atom stereocenters. The quantitative estimate of drug-likeness (QED) is 0.152. The van der Waals surface area contributed by atoms with Crippen molar-refractivity contribution in [2.24, 2.45) is 0 Å². The summed E-state index contributed by atoms with van der Waals surface area (Å²) in [7, 11) is 0. The molecule has 5 heteroatoms. The third-order valence-corrected chi connectivity index (χ3v) is 13.2. The zero-order valence-electron chi connectivity index (χ0n) is 54.5. The van der Waals surface area contributed by atoms with Crippen LogP contribution in [0, 0.1) is 0 Å². The molecule has 5 nitrogen and oxygen atoms in total. The standard InChI is InChI=1S/C66H62N4O/c1-64(2,3)48-25-18-24-47(36-48)56-39-50(66(7,8)9)38-55(45-22-14-11-15-23-45)63(56)69-43-68(59-28-16-17-29-60(59)69)51-26-19-27-52(41-51)71-53-31-32-54-57-37-46(44-20-12-10-13-21-44)30-33-58(57)70(61(54)42-53)62-40-49(34-35-67-62)65(4,5)6/h10-42H,43H2,1-9H3/i10D,11D,12D,13D,14D,15D,20D,21D,22D,23D,34D,35D,40D. The molecule has 2 aromatic heterocycles. The van der Waals surface area contributed by atoms with E-state index in [0.29, 0.717) is 55.7 Å². The van der Waals surface area contributed by atoms with Crippen LogP contribution in [0.4, 0.5) is 22.7 Å². The maximum atomic E-state index is 9.57. The van der Waals surface area contributed by atoms with E-state index in [4.69, 9.17) is 18.4 Å². The van der Waals surface area contributed by atoms with Gasteiger partial charge in [-0.1, -0.05) is 171 Å². The molecule has 1 aliphatic heterocycles. The van der Waals surface area contributed by atoms with Crippen LogP contribution in [0.5, 0.6) is 11.5 Å². The Labute approximate surface area is 437 Å². The summed E-state index contributed by atoms with van der Waals surface area (Å²) in [5.74, 6) is 0.998. The van der Waals surface area contributed by atoms with Gasteiger partial charge < -0.3 is 14.5 Å². The molecular formula is C66H62N4O. The maximum absolute atomic E-state index is 9.57. The van der Waals surface area contributed by atoms with E-state index < -0.39 is 47.1 Å². The van der Waals surface area contributed by atoms with Gasteiger partial charge in [0.25, 0.3) is 0 Å². The summed E-state index contributed by atoms with van der Waals surface area (Å²) in [6, 6.07) is 34.6. The Morgan fingerprint density at radius 2 is 1.13 bits per heavy atom. The van der Waals surface area contributed by atoms with E-state index in [0.717, 1.165) is 39.3 Å². The number of rotatable bonds is 8. The van der Waals surface area contributed by atoms with Crippen LogP contribution < -0.4 is 14.5 Å².